The lowest BCUT2D eigenvalue weighted by molar-refractivity contribution is 0.599. The Morgan fingerprint density at radius 3 is 3.08 bits per heavy atom. The van der Waals surface area contributed by atoms with E-state index in [0.29, 0.717) is 0 Å². The van der Waals surface area contributed by atoms with Crippen LogP contribution >= 0.6 is 11.3 Å². The molecule has 0 bridgehead atoms. The fraction of sp³-hybridized carbons (Fsp3) is 0.500. The predicted molar refractivity (Wildman–Crippen MR) is 55.6 cm³/mol. The summed E-state index contributed by atoms with van der Waals surface area (Å²) in [5.41, 5.74) is 1.09. The van der Waals surface area contributed by atoms with Gasteiger partial charge < -0.3 is 0 Å². The fourth-order valence-electron chi connectivity index (χ4n) is 1.10. The maximum atomic E-state index is 8.89. The van der Waals surface area contributed by atoms with E-state index in [-0.39, 0.29) is 6.04 Å². The molecule has 2 nitrogen and oxygen atoms in total. The maximum absolute atomic E-state index is 8.89. The Balaban J connectivity index is 2.41. The highest BCUT2D eigenvalue weighted by Gasteiger charge is 2.08. The number of unbranched alkanes of at least 4 members (excludes halogenated alkanes) is 1. The summed E-state index contributed by atoms with van der Waals surface area (Å²) >= 11 is 1.63. The summed E-state index contributed by atoms with van der Waals surface area (Å²) in [6.07, 6.45) is 2.29. The molecule has 1 heterocycles. The van der Waals surface area contributed by atoms with Crippen molar-refractivity contribution >= 4 is 11.3 Å². The van der Waals surface area contributed by atoms with Gasteiger partial charge in [0.2, 0.25) is 0 Å². The molecular formula is C10H14N2S. The van der Waals surface area contributed by atoms with E-state index in [4.69, 9.17) is 5.26 Å². The molecule has 0 amide bonds. The van der Waals surface area contributed by atoms with Crippen molar-refractivity contribution in [3.8, 4) is 6.07 Å². The van der Waals surface area contributed by atoms with E-state index in [9.17, 15) is 0 Å². The number of nitrogens with one attached hydrogen (secondary N) is 1. The van der Waals surface area contributed by atoms with E-state index < -0.39 is 0 Å². The Hall–Kier alpha value is -0.850. The second-order valence-electron chi connectivity index (χ2n) is 2.93. The molecule has 3 heteroatoms. The highest BCUT2D eigenvalue weighted by Crippen LogP contribution is 2.15. The summed E-state index contributed by atoms with van der Waals surface area (Å²) in [7, 11) is 0. The Morgan fingerprint density at radius 2 is 2.54 bits per heavy atom. The van der Waals surface area contributed by atoms with Gasteiger partial charge in [-0.05, 0) is 35.4 Å². The smallest absolute Gasteiger partial charge is 0.122 e. The second kappa shape index (κ2) is 5.74. The first-order valence-corrected chi connectivity index (χ1v) is 5.48. The van der Waals surface area contributed by atoms with Crippen molar-refractivity contribution in [3.63, 3.8) is 0 Å². The van der Waals surface area contributed by atoms with Gasteiger partial charge >= 0.3 is 0 Å². The highest BCUT2D eigenvalue weighted by atomic mass is 32.1. The number of nitrogens with zero attached hydrogens (tertiary/aromatic N) is 1. The minimum Gasteiger partial charge on any atom is -0.298 e. The van der Waals surface area contributed by atoms with E-state index in [1.807, 2.05) is 16.8 Å². The lowest BCUT2D eigenvalue weighted by Crippen LogP contribution is -2.20. The van der Waals surface area contributed by atoms with Crippen LogP contribution in [0.15, 0.2) is 16.8 Å². The maximum Gasteiger partial charge on any atom is 0.122 e. The molecule has 1 rings (SSSR count). The summed E-state index contributed by atoms with van der Waals surface area (Å²) in [6.45, 7) is 3.07. The molecule has 0 fully saturated rings. The summed E-state index contributed by atoms with van der Waals surface area (Å²) in [5, 5.41) is 16.1. The largest absolute Gasteiger partial charge is 0.298 e. The molecule has 1 aromatic heterocycles. The molecule has 1 N–H and O–H groups in total. The zero-order valence-electron chi connectivity index (χ0n) is 7.79. The Morgan fingerprint density at radius 1 is 1.69 bits per heavy atom. The minimum absolute atomic E-state index is 0.127. The minimum atomic E-state index is -0.127. The molecule has 0 spiro atoms. The van der Waals surface area contributed by atoms with Gasteiger partial charge in [0.05, 0.1) is 6.07 Å². The van der Waals surface area contributed by atoms with Gasteiger partial charge in [-0.3, -0.25) is 5.32 Å². The average Bonchev–Trinajstić information content (AvgIpc) is 2.65. The lowest BCUT2D eigenvalue weighted by atomic mass is 10.1. The molecule has 0 aliphatic rings. The molecule has 0 aliphatic carbocycles. The standard InChI is InChI=1S/C10H14N2S/c1-2-3-5-12-10(7-11)9-4-6-13-8-9/h4,6,8,10,12H,2-3,5H2,1H3. The predicted octanol–water partition coefficient (Wildman–Crippen LogP) is 2.70. The normalized spacial score (nSPS) is 12.3. The fourth-order valence-corrected chi connectivity index (χ4v) is 1.79. The highest BCUT2D eigenvalue weighted by molar-refractivity contribution is 7.07. The first kappa shape index (κ1) is 10.2. The average molecular weight is 194 g/mol. The van der Waals surface area contributed by atoms with Crippen molar-refractivity contribution in [1.82, 2.24) is 5.32 Å². The number of hydrogen-bond donors (Lipinski definition) is 1. The zero-order valence-corrected chi connectivity index (χ0v) is 8.60. The van der Waals surface area contributed by atoms with Crippen molar-refractivity contribution in [2.24, 2.45) is 0 Å². The van der Waals surface area contributed by atoms with Crippen molar-refractivity contribution < 1.29 is 0 Å². The van der Waals surface area contributed by atoms with Gasteiger partial charge in [-0.25, -0.2) is 0 Å². The van der Waals surface area contributed by atoms with E-state index >= 15 is 0 Å². The number of thiophene rings is 1. The van der Waals surface area contributed by atoms with E-state index in [1.54, 1.807) is 11.3 Å². The molecule has 1 atom stereocenters. The molecular weight excluding hydrogens is 180 g/mol. The Bertz CT molecular complexity index is 261. The SMILES string of the molecule is CCCCNC(C#N)c1ccsc1. The topological polar surface area (TPSA) is 35.8 Å². The van der Waals surface area contributed by atoms with Gasteiger partial charge in [0.15, 0.2) is 0 Å². The lowest BCUT2D eigenvalue weighted by Gasteiger charge is -2.08. The molecule has 13 heavy (non-hydrogen) atoms. The third kappa shape index (κ3) is 3.17. The van der Waals surface area contributed by atoms with Crippen LogP contribution < -0.4 is 5.32 Å². The third-order valence-electron chi connectivity index (χ3n) is 1.88. The van der Waals surface area contributed by atoms with Gasteiger partial charge in [-0.1, -0.05) is 13.3 Å². The number of rotatable bonds is 5. The molecule has 0 aromatic carbocycles. The molecule has 0 saturated carbocycles. The summed E-state index contributed by atoms with van der Waals surface area (Å²) < 4.78 is 0. The summed E-state index contributed by atoms with van der Waals surface area (Å²) in [5.74, 6) is 0. The first-order chi connectivity index (χ1) is 6.38. The second-order valence-corrected chi connectivity index (χ2v) is 3.71. The first-order valence-electron chi connectivity index (χ1n) is 4.53. The molecule has 70 valence electrons. The molecule has 1 unspecified atom stereocenters. The van der Waals surface area contributed by atoms with E-state index in [2.05, 4.69) is 18.3 Å². The van der Waals surface area contributed by atoms with Crippen LogP contribution in [0.3, 0.4) is 0 Å². The number of hydrogen-bond acceptors (Lipinski definition) is 3. The zero-order chi connectivity index (χ0) is 9.52. The van der Waals surface area contributed by atoms with Crippen molar-refractivity contribution in [2.45, 2.75) is 25.8 Å². The van der Waals surface area contributed by atoms with Gasteiger partial charge in [0.25, 0.3) is 0 Å². The molecule has 0 radical (unpaired) electrons. The van der Waals surface area contributed by atoms with Crippen molar-refractivity contribution in [3.05, 3.63) is 22.4 Å². The molecule has 0 saturated heterocycles. The Kier molecular flexibility index (Phi) is 4.52. The van der Waals surface area contributed by atoms with Crippen LogP contribution in [0.25, 0.3) is 0 Å². The van der Waals surface area contributed by atoms with Gasteiger partial charge in [0.1, 0.15) is 6.04 Å². The quantitative estimate of drug-likeness (QED) is 0.731. The third-order valence-corrected chi connectivity index (χ3v) is 2.59. The molecule has 0 aliphatic heterocycles. The summed E-state index contributed by atoms with van der Waals surface area (Å²) in [4.78, 5) is 0. The van der Waals surface area contributed by atoms with Crippen LogP contribution in [-0.2, 0) is 0 Å². The van der Waals surface area contributed by atoms with Crippen LogP contribution in [0, 0.1) is 11.3 Å². The van der Waals surface area contributed by atoms with Crippen LogP contribution in [0.2, 0.25) is 0 Å². The van der Waals surface area contributed by atoms with Crippen molar-refractivity contribution in [2.75, 3.05) is 6.54 Å². The Labute approximate surface area is 83.2 Å². The van der Waals surface area contributed by atoms with Crippen molar-refractivity contribution in [1.29, 1.82) is 5.26 Å². The number of nitriles is 1. The van der Waals surface area contributed by atoms with Crippen LogP contribution in [-0.4, -0.2) is 6.54 Å². The van der Waals surface area contributed by atoms with Gasteiger partial charge in [-0.15, -0.1) is 0 Å². The summed E-state index contributed by atoms with van der Waals surface area (Å²) in [6, 6.07) is 4.13. The van der Waals surface area contributed by atoms with Crippen LogP contribution in [0.5, 0.6) is 0 Å². The molecule has 1 aromatic rings. The van der Waals surface area contributed by atoms with Gasteiger partial charge in [-0.2, -0.15) is 16.6 Å². The van der Waals surface area contributed by atoms with E-state index in [1.165, 1.54) is 0 Å². The monoisotopic (exact) mass is 194 g/mol. The van der Waals surface area contributed by atoms with E-state index in [0.717, 1.165) is 24.9 Å². The van der Waals surface area contributed by atoms with Gasteiger partial charge in [0, 0.05) is 0 Å². The van der Waals surface area contributed by atoms with Crippen LogP contribution in [0.1, 0.15) is 31.4 Å². The van der Waals surface area contributed by atoms with Crippen LogP contribution in [0.4, 0.5) is 0 Å².